The summed E-state index contributed by atoms with van der Waals surface area (Å²) >= 11 is 0. The van der Waals surface area contributed by atoms with Crippen LogP contribution in [0.4, 0.5) is 13.2 Å². The Kier molecular flexibility index (Phi) is 4.98. The van der Waals surface area contributed by atoms with E-state index in [0.717, 1.165) is 16.5 Å². The number of halogens is 3. The third-order valence-electron chi connectivity index (χ3n) is 6.33. The van der Waals surface area contributed by atoms with Gasteiger partial charge in [-0.15, -0.1) is 0 Å². The Labute approximate surface area is 179 Å². The molecule has 163 valence electrons. The number of nitrogens with one attached hydrogen (secondary N) is 1. The van der Waals surface area contributed by atoms with Gasteiger partial charge in [0.2, 0.25) is 0 Å². The van der Waals surface area contributed by atoms with E-state index in [2.05, 4.69) is 11.9 Å². The number of aromatic nitrogens is 1. The average Bonchev–Trinajstić information content (AvgIpc) is 3.09. The molecule has 0 aliphatic carbocycles. The normalized spacial score (nSPS) is 22.9. The molecule has 3 heterocycles. The van der Waals surface area contributed by atoms with Gasteiger partial charge in [0.05, 0.1) is 31.4 Å². The third kappa shape index (κ3) is 3.31. The molecule has 4 nitrogen and oxygen atoms in total. The quantitative estimate of drug-likeness (QED) is 0.637. The van der Waals surface area contributed by atoms with Crippen LogP contribution in [0.25, 0.3) is 10.9 Å². The van der Waals surface area contributed by atoms with Gasteiger partial charge in [0.1, 0.15) is 5.82 Å². The summed E-state index contributed by atoms with van der Waals surface area (Å²) in [4.78, 5) is 5.20. The summed E-state index contributed by atoms with van der Waals surface area (Å²) in [5.74, 6) is -1.54. The first-order valence-electron chi connectivity index (χ1n) is 10.4. The molecular formula is C24H24F3N2O2. The van der Waals surface area contributed by atoms with E-state index in [1.54, 1.807) is 0 Å². The Morgan fingerprint density at radius 1 is 1.23 bits per heavy atom. The molecule has 31 heavy (non-hydrogen) atoms. The number of alkyl halides is 1. The molecule has 0 amide bonds. The lowest BCUT2D eigenvalue weighted by Crippen LogP contribution is -2.57. The molecule has 1 fully saturated rings. The molecule has 0 unspecified atom stereocenters. The number of para-hydroxylation sites is 1. The number of hydrogen-bond donors (Lipinski definition) is 1. The second-order valence-corrected chi connectivity index (χ2v) is 8.46. The number of H-pyrrole nitrogens is 1. The van der Waals surface area contributed by atoms with Crippen molar-refractivity contribution in [1.82, 2.24) is 9.88 Å². The Morgan fingerprint density at radius 3 is 2.71 bits per heavy atom. The average molecular weight is 429 g/mol. The first-order chi connectivity index (χ1) is 14.9. The van der Waals surface area contributed by atoms with Crippen LogP contribution in [0.5, 0.6) is 5.75 Å². The summed E-state index contributed by atoms with van der Waals surface area (Å²) in [7, 11) is 0. The van der Waals surface area contributed by atoms with Crippen molar-refractivity contribution < 1.29 is 22.6 Å². The topological polar surface area (TPSA) is 37.5 Å². The first kappa shape index (κ1) is 20.4. The fourth-order valence-electron chi connectivity index (χ4n) is 4.83. The van der Waals surface area contributed by atoms with Gasteiger partial charge in [-0.1, -0.05) is 18.2 Å². The molecule has 2 aliphatic rings. The Morgan fingerprint density at radius 2 is 2.00 bits per heavy atom. The highest BCUT2D eigenvalue weighted by Crippen LogP contribution is 2.44. The minimum atomic E-state index is -1.54. The maximum atomic E-state index is 15.5. The molecule has 0 spiro atoms. The Hall–Kier alpha value is -2.51. The third-order valence-corrected chi connectivity index (χ3v) is 6.33. The highest BCUT2D eigenvalue weighted by Gasteiger charge is 2.47. The molecule has 1 saturated heterocycles. The number of fused-ring (bicyclic) bond motifs is 3. The van der Waals surface area contributed by atoms with Crippen molar-refractivity contribution in [2.45, 2.75) is 31.1 Å². The van der Waals surface area contributed by atoms with Crippen LogP contribution >= 0.6 is 0 Å². The molecule has 1 aromatic heterocycles. The van der Waals surface area contributed by atoms with E-state index in [1.807, 2.05) is 36.1 Å². The van der Waals surface area contributed by atoms with Crippen molar-refractivity contribution in [3.05, 3.63) is 71.8 Å². The zero-order chi connectivity index (χ0) is 21.8. The Bertz CT molecular complexity index is 1130. The van der Waals surface area contributed by atoms with Gasteiger partial charge < -0.3 is 14.5 Å². The van der Waals surface area contributed by atoms with Crippen molar-refractivity contribution in [3.63, 3.8) is 0 Å². The standard InChI is InChI=1S/C24H24F3N2O2/c1-3-31-19-9-8-17(25)20(21(19)26)23-22-16(15-6-4-5-7-18(15)28-22)10-14(2)29(23)11-24(27)12-30-13-24/h4-9,14,23,28H,1,3,10-13H2,2H3/t14-,23-/m1/s1. The molecule has 1 N–H and O–H groups in total. The lowest BCUT2D eigenvalue weighted by atomic mass is 9.86. The smallest absolute Gasteiger partial charge is 0.173 e. The molecule has 1 radical (unpaired) electrons. The second-order valence-electron chi connectivity index (χ2n) is 8.46. The van der Waals surface area contributed by atoms with Gasteiger partial charge in [-0.05, 0) is 44.0 Å². The largest absolute Gasteiger partial charge is 0.491 e. The first-order valence-corrected chi connectivity index (χ1v) is 10.4. The van der Waals surface area contributed by atoms with Crippen LogP contribution in [0.1, 0.15) is 29.8 Å². The van der Waals surface area contributed by atoms with Crippen LogP contribution in [0.2, 0.25) is 0 Å². The van der Waals surface area contributed by atoms with Gasteiger partial charge in [0, 0.05) is 29.2 Å². The second kappa shape index (κ2) is 7.57. The Balaban J connectivity index is 1.72. The van der Waals surface area contributed by atoms with Crippen LogP contribution in [-0.4, -0.2) is 48.0 Å². The van der Waals surface area contributed by atoms with Crippen LogP contribution in [-0.2, 0) is 11.2 Å². The van der Waals surface area contributed by atoms with E-state index in [4.69, 9.17) is 9.47 Å². The van der Waals surface area contributed by atoms with Crippen molar-refractivity contribution in [3.8, 4) is 5.75 Å². The van der Waals surface area contributed by atoms with Gasteiger partial charge in [0.15, 0.2) is 17.2 Å². The van der Waals surface area contributed by atoms with Gasteiger partial charge in [-0.25, -0.2) is 13.2 Å². The van der Waals surface area contributed by atoms with Gasteiger partial charge in [-0.3, -0.25) is 4.90 Å². The van der Waals surface area contributed by atoms with E-state index < -0.39 is 23.3 Å². The number of hydrogen-bond acceptors (Lipinski definition) is 3. The fourth-order valence-corrected chi connectivity index (χ4v) is 4.83. The zero-order valence-electron chi connectivity index (χ0n) is 17.3. The molecule has 0 bridgehead atoms. The van der Waals surface area contributed by atoms with E-state index in [9.17, 15) is 0 Å². The number of ether oxygens (including phenoxy) is 2. The predicted molar refractivity (Wildman–Crippen MR) is 112 cm³/mol. The van der Waals surface area contributed by atoms with Crippen molar-refractivity contribution in [2.24, 2.45) is 0 Å². The molecule has 2 aromatic carbocycles. The van der Waals surface area contributed by atoms with E-state index >= 15 is 13.2 Å². The number of rotatable bonds is 5. The van der Waals surface area contributed by atoms with Gasteiger partial charge in [0.25, 0.3) is 0 Å². The predicted octanol–water partition coefficient (Wildman–Crippen LogP) is 4.73. The summed E-state index contributed by atoms with van der Waals surface area (Å²) in [6.45, 7) is 5.55. The minimum Gasteiger partial charge on any atom is -0.491 e. The van der Waals surface area contributed by atoms with Gasteiger partial charge in [-0.2, -0.15) is 0 Å². The van der Waals surface area contributed by atoms with Crippen molar-refractivity contribution in [1.29, 1.82) is 0 Å². The SMILES string of the molecule is [CH2]COc1ccc(F)c([C@@H]2c3[nH]c4ccccc4c3C[C@@H](C)N2CC2(F)COC2)c1F. The summed E-state index contributed by atoms with van der Waals surface area (Å²) in [5, 5.41) is 1.02. The summed E-state index contributed by atoms with van der Waals surface area (Å²) in [5.41, 5.74) is 0.899. The number of aromatic amines is 1. The molecule has 3 aromatic rings. The minimum absolute atomic E-state index is 0.00927. The number of benzene rings is 2. The van der Waals surface area contributed by atoms with Crippen LogP contribution in [0, 0.1) is 18.6 Å². The highest BCUT2D eigenvalue weighted by molar-refractivity contribution is 5.85. The molecule has 2 atom stereocenters. The zero-order valence-corrected chi connectivity index (χ0v) is 17.3. The lowest BCUT2D eigenvalue weighted by molar-refractivity contribution is -0.148. The molecular weight excluding hydrogens is 405 g/mol. The van der Waals surface area contributed by atoms with E-state index in [0.29, 0.717) is 12.1 Å². The summed E-state index contributed by atoms with van der Waals surface area (Å²) in [6.07, 6.45) is 0.644. The maximum absolute atomic E-state index is 15.5. The molecule has 2 aliphatic heterocycles. The summed E-state index contributed by atoms with van der Waals surface area (Å²) in [6, 6.07) is 9.27. The van der Waals surface area contributed by atoms with Crippen LogP contribution in [0.15, 0.2) is 36.4 Å². The van der Waals surface area contributed by atoms with Crippen LogP contribution < -0.4 is 4.74 Å². The molecule has 5 rings (SSSR count). The van der Waals surface area contributed by atoms with E-state index in [1.165, 1.54) is 12.1 Å². The lowest BCUT2D eigenvalue weighted by Gasteiger charge is -2.46. The summed E-state index contributed by atoms with van der Waals surface area (Å²) < 4.78 is 56.2. The molecule has 7 heteroatoms. The monoisotopic (exact) mass is 429 g/mol. The fraction of sp³-hybridized carbons (Fsp3) is 0.375. The van der Waals surface area contributed by atoms with Gasteiger partial charge >= 0.3 is 0 Å². The van der Waals surface area contributed by atoms with Crippen molar-refractivity contribution in [2.75, 3.05) is 26.4 Å². The highest BCUT2D eigenvalue weighted by atomic mass is 19.1. The number of nitrogens with zero attached hydrogens (tertiary/aromatic N) is 1. The molecule has 0 saturated carbocycles. The van der Waals surface area contributed by atoms with Crippen molar-refractivity contribution >= 4 is 10.9 Å². The maximum Gasteiger partial charge on any atom is 0.173 e. The van der Waals surface area contributed by atoms with Crippen LogP contribution in [0.3, 0.4) is 0 Å². The van der Waals surface area contributed by atoms with E-state index in [-0.39, 0.29) is 43.7 Å².